The van der Waals surface area contributed by atoms with E-state index in [0.29, 0.717) is 24.4 Å². The number of aliphatic hydroxyl groups excluding tert-OH is 1. The van der Waals surface area contributed by atoms with Crippen molar-refractivity contribution >= 4 is 29.2 Å². The quantitative estimate of drug-likeness (QED) is 0.539. The number of rotatable bonds is 9. The predicted octanol–water partition coefficient (Wildman–Crippen LogP) is 5.17. The van der Waals surface area contributed by atoms with Crippen molar-refractivity contribution in [2.45, 2.75) is 31.9 Å². The Morgan fingerprint density at radius 1 is 1.06 bits per heavy atom. The number of hydrogen-bond donors (Lipinski definition) is 2. The van der Waals surface area contributed by atoms with Gasteiger partial charge in [-0.05, 0) is 61.1 Å². The van der Waals surface area contributed by atoms with Crippen molar-refractivity contribution < 1.29 is 19.7 Å². The summed E-state index contributed by atoms with van der Waals surface area (Å²) in [5.74, 6) is -0.0992. The first-order valence-corrected chi connectivity index (χ1v) is 10.8. The predicted molar refractivity (Wildman–Crippen MR) is 123 cm³/mol. The van der Waals surface area contributed by atoms with Crippen LogP contribution in [0, 0.1) is 0 Å². The Morgan fingerprint density at radius 2 is 1.77 bits per heavy atom. The molecular formula is C24H25Cl2NO4. The highest BCUT2D eigenvalue weighted by molar-refractivity contribution is 6.35. The molecule has 7 heteroatoms. The van der Waals surface area contributed by atoms with Gasteiger partial charge in [-0.3, -0.25) is 0 Å². The maximum absolute atomic E-state index is 11.0. The molecule has 0 spiro atoms. The number of benzene rings is 2. The lowest BCUT2D eigenvalue weighted by molar-refractivity contribution is 0.0599. The fraction of sp³-hybridized carbons (Fsp3) is 0.292. The number of aliphatic hydroxyl groups is 1. The van der Waals surface area contributed by atoms with Crippen molar-refractivity contribution in [1.29, 1.82) is 0 Å². The maximum atomic E-state index is 11.0. The highest BCUT2D eigenvalue weighted by Gasteiger charge is 2.27. The summed E-state index contributed by atoms with van der Waals surface area (Å²) in [6, 6.07) is 14.6. The summed E-state index contributed by atoms with van der Waals surface area (Å²) >= 11 is 12.7. The van der Waals surface area contributed by atoms with E-state index in [1.807, 2.05) is 29.2 Å². The number of aryl methyl sites for hydroxylation is 1. The number of halogens is 2. The zero-order valence-corrected chi connectivity index (χ0v) is 18.7. The van der Waals surface area contributed by atoms with Gasteiger partial charge in [-0.25, -0.2) is 4.79 Å². The lowest BCUT2D eigenvalue weighted by Gasteiger charge is -2.35. The third-order valence-electron chi connectivity index (χ3n) is 5.32. The summed E-state index contributed by atoms with van der Waals surface area (Å²) in [4.78, 5) is 12.8. The van der Waals surface area contributed by atoms with Crippen LogP contribution in [0.1, 0.15) is 34.3 Å². The summed E-state index contributed by atoms with van der Waals surface area (Å²) in [7, 11) is 1.66. The van der Waals surface area contributed by atoms with Crippen molar-refractivity contribution in [3.05, 3.63) is 87.1 Å². The maximum Gasteiger partial charge on any atom is 0.335 e. The van der Waals surface area contributed by atoms with Crippen LogP contribution in [0.15, 0.2) is 70.4 Å². The van der Waals surface area contributed by atoms with Crippen molar-refractivity contribution in [3.8, 4) is 5.75 Å². The lowest BCUT2D eigenvalue weighted by atomic mass is 10.0. The first kappa shape index (κ1) is 23.2. The van der Waals surface area contributed by atoms with Gasteiger partial charge in [0.05, 0.1) is 22.7 Å². The summed E-state index contributed by atoms with van der Waals surface area (Å²) in [5, 5.41) is 20.5. The molecule has 2 aromatic rings. The van der Waals surface area contributed by atoms with Crippen LogP contribution in [0.4, 0.5) is 0 Å². The van der Waals surface area contributed by atoms with E-state index < -0.39 is 12.2 Å². The Bertz CT molecular complexity index is 985. The van der Waals surface area contributed by atoms with Crippen LogP contribution in [0.2, 0.25) is 0 Å². The molecule has 164 valence electrons. The molecule has 0 saturated carbocycles. The van der Waals surface area contributed by atoms with Gasteiger partial charge in [0.2, 0.25) is 0 Å². The summed E-state index contributed by atoms with van der Waals surface area (Å²) in [6.07, 6.45) is 3.57. The fourth-order valence-electron chi connectivity index (χ4n) is 3.65. The van der Waals surface area contributed by atoms with Crippen LogP contribution in [0.3, 0.4) is 0 Å². The molecule has 1 heterocycles. The second kappa shape index (κ2) is 10.7. The van der Waals surface area contributed by atoms with Gasteiger partial charge in [-0.15, -0.1) is 0 Å². The number of aromatic carboxylic acids is 1. The highest BCUT2D eigenvalue weighted by atomic mass is 35.5. The van der Waals surface area contributed by atoms with E-state index in [0.717, 1.165) is 35.4 Å². The van der Waals surface area contributed by atoms with Crippen molar-refractivity contribution in [2.24, 2.45) is 0 Å². The standard InChI is InChI=1S/C24H25Cl2NO4/c1-31-22-8-3-2-5-17(22)6-4-7-21-19(25)15-20(26)23(28)27(21)14-13-16-9-11-18(12-10-16)24(29)30/h2-3,5,8-12,15,23,28H,4,6-7,13-14H2,1H3,(H,29,30). The molecule has 1 unspecified atom stereocenters. The van der Waals surface area contributed by atoms with E-state index in [1.54, 1.807) is 37.5 Å². The van der Waals surface area contributed by atoms with Gasteiger partial charge in [0, 0.05) is 12.2 Å². The van der Waals surface area contributed by atoms with E-state index in [2.05, 4.69) is 0 Å². The van der Waals surface area contributed by atoms with Gasteiger partial charge in [0.15, 0.2) is 6.23 Å². The van der Waals surface area contributed by atoms with E-state index in [1.165, 1.54) is 0 Å². The molecule has 2 aromatic carbocycles. The molecular weight excluding hydrogens is 437 g/mol. The number of hydrogen-bond acceptors (Lipinski definition) is 4. The summed E-state index contributed by atoms with van der Waals surface area (Å²) in [5.41, 5.74) is 3.17. The Kier molecular flexibility index (Phi) is 8.02. The van der Waals surface area contributed by atoms with Gasteiger partial charge < -0.3 is 19.8 Å². The number of carboxylic acid groups (broad SMARTS) is 1. The number of ether oxygens (including phenoxy) is 1. The third-order valence-corrected chi connectivity index (χ3v) is 5.95. The van der Waals surface area contributed by atoms with Gasteiger partial charge in [0.25, 0.3) is 0 Å². The Hall–Kier alpha value is -2.47. The van der Waals surface area contributed by atoms with E-state index in [-0.39, 0.29) is 10.6 Å². The number of carbonyl (C=O) groups is 1. The normalized spacial score (nSPS) is 16.3. The Morgan fingerprint density at radius 3 is 2.45 bits per heavy atom. The van der Waals surface area contributed by atoms with Crippen LogP contribution in [-0.2, 0) is 12.8 Å². The highest BCUT2D eigenvalue weighted by Crippen LogP contribution is 2.33. The topological polar surface area (TPSA) is 70.0 Å². The van der Waals surface area contributed by atoms with Crippen molar-refractivity contribution in [3.63, 3.8) is 0 Å². The minimum Gasteiger partial charge on any atom is -0.496 e. The van der Waals surface area contributed by atoms with Crippen molar-refractivity contribution in [1.82, 2.24) is 4.90 Å². The average Bonchev–Trinajstić information content (AvgIpc) is 2.77. The monoisotopic (exact) mass is 461 g/mol. The minimum absolute atomic E-state index is 0.243. The molecule has 0 amide bonds. The van der Waals surface area contributed by atoms with Crippen LogP contribution in [-0.4, -0.2) is 41.0 Å². The largest absolute Gasteiger partial charge is 0.496 e. The summed E-state index contributed by atoms with van der Waals surface area (Å²) < 4.78 is 5.42. The zero-order chi connectivity index (χ0) is 22.4. The number of nitrogens with zero attached hydrogens (tertiary/aromatic N) is 1. The fourth-order valence-corrected chi connectivity index (χ4v) is 4.26. The molecule has 31 heavy (non-hydrogen) atoms. The molecule has 2 N–H and O–H groups in total. The first-order chi connectivity index (χ1) is 14.9. The third kappa shape index (κ3) is 5.82. The molecule has 0 aromatic heterocycles. The van der Waals surface area contributed by atoms with Gasteiger partial charge >= 0.3 is 5.97 Å². The van der Waals surface area contributed by atoms with E-state index in [4.69, 9.17) is 33.0 Å². The molecule has 0 aliphatic carbocycles. The van der Waals surface area contributed by atoms with E-state index in [9.17, 15) is 9.90 Å². The average molecular weight is 462 g/mol. The second-order valence-corrected chi connectivity index (χ2v) is 8.15. The van der Waals surface area contributed by atoms with Crippen LogP contribution in [0.5, 0.6) is 5.75 Å². The number of allylic oxidation sites excluding steroid dienone is 3. The first-order valence-electron chi connectivity index (χ1n) is 10.0. The number of methoxy groups -OCH3 is 1. The van der Waals surface area contributed by atoms with Crippen LogP contribution in [0.25, 0.3) is 0 Å². The molecule has 0 fully saturated rings. The van der Waals surface area contributed by atoms with Crippen LogP contribution >= 0.6 is 23.2 Å². The van der Waals surface area contributed by atoms with Crippen LogP contribution < -0.4 is 4.74 Å². The Labute approximate surface area is 192 Å². The Balaban J connectivity index is 1.68. The molecule has 0 radical (unpaired) electrons. The molecule has 1 atom stereocenters. The minimum atomic E-state index is -0.957. The zero-order valence-electron chi connectivity index (χ0n) is 17.2. The molecule has 1 aliphatic heterocycles. The van der Waals surface area contributed by atoms with E-state index >= 15 is 0 Å². The van der Waals surface area contributed by atoms with Gasteiger partial charge in [0.1, 0.15) is 5.75 Å². The SMILES string of the molecule is COc1ccccc1CCCC1=C(Cl)C=C(Cl)C(O)N1CCc1ccc(C(=O)O)cc1. The number of para-hydroxylation sites is 1. The van der Waals surface area contributed by atoms with Gasteiger partial charge in [-0.1, -0.05) is 53.5 Å². The lowest BCUT2D eigenvalue weighted by Crippen LogP contribution is -2.38. The molecule has 5 nitrogen and oxygen atoms in total. The second-order valence-electron chi connectivity index (χ2n) is 7.31. The molecule has 3 rings (SSSR count). The summed E-state index contributed by atoms with van der Waals surface area (Å²) in [6.45, 7) is 0.498. The number of carboxylic acids is 1. The molecule has 1 aliphatic rings. The smallest absolute Gasteiger partial charge is 0.335 e. The molecule has 0 bridgehead atoms. The van der Waals surface area contributed by atoms with Crippen molar-refractivity contribution in [2.75, 3.05) is 13.7 Å². The van der Waals surface area contributed by atoms with Gasteiger partial charge in [-0.2, -0.15) is 0 Å². The molecule has 0 saturated heterocycles.